The van der Waals surface area contributed by atoms with Gasteiger partial charge in [-0.3, -0.25) is 19.8 Å². The Bertz CT molecular complexity index is 1020. The fraction of sp³-hybridized carbons (Fsp3) is 0.238. The van der Waals surface area contributed by atoms with E-state index < -0.39 is 4.92 Å². The van der Waals surface area contributed by atoms with E-state index in [-0.39, 0.29) is 17.7 Å². The van der Waals surface area contributed by atoms with Crippen molar-refractivity contribution in [2.75, 3.05) is 18.1 Å². The van der Waals surface area contributed by atoms with Crippen LogP contribution < -0.4 is 4.90 Å². The number of carbonyl (C=O) groups is 1. The molecular weight excluding hydrogens is 390 g/mol. The molecule has 148 valence electrons. The highest BCUT2D eigenvalue weighted by atomic mass is 32.1. The summed E-state index contributed by atoms with van der Waals surface area (Å²) in [5, 5.41) is 11.4. The van der Waals surface area contributed by atoms with Crippen molar-refractivity contribution in [3.8, 4) is 0 Å². The van der Waals surface area contributed by atoms with Gasteiger partial charge >= 0.3 is 0 Å². The van der Waals surface area contributed by atoms with Gasteiger partial charge in [-0.05, 0) is 48.7 Å². The summed E-state index contributed by atoms with van der Waals surface area (Å²) in [6.45, 7) is 1.16. The second-order valence-electron chi connectivity index (χ2n) is 6.73. The summed E-state index contributed by atoms with van der Waals surface area (Å²) >= 11 is 1.47. The van der Waals surface area contributed by atoms with Crippen LogP contribution in [0.1, 0.15) is 18.4 Å². The number of nitrogens with zero attached hydrogens (tertiary/aromatic N) is 3. The molecule has 1 saturated heterocycles. The third-order valence-electron chi connectivity index (χ3n) is 4.71. The van der Waals surface area contributed by atoms with Gasteiger partial charge in [-0.1, -0.05) is 23.5 Å². The van der Waals surface area contributed by atoms with Crippen LogP contribution in [0.25, 0.3) is 16.3 Å². The zero-order valence-corrected chi connectivity index (χ0v) is 16.4. The minimum absolute atomic E-state index is 0.00117. The van der Waals surface area contributed by atoms with Gasteiger partial charge in [-0.25, -0.2) is 4.98 Å². The number of nitro groups is 1. The Labute approximate surface area is 171 Å². The molecule has 4 rings (SSSR count). The van der Waals surface area contributed by atoms with Gasteiger partial charge in [-0.15, -0.1) is 0 Å². The zero-order chi connectivity index (χ0) is 20.2. The number of thiazole rings is 1. The predicted octanol–water partition coefficient (Wildman–Crippen LogP) is 4.43. The van der Waals surface area contributed by atoms with Gasteiger partial charge in [0.2, 0.25) is 0 Å². The molecule has 2 heterocycles. The number of ether oxygens (including phenoxy) is 1. The molecule has 0 radical (unpaired) electrons. The molecule has 0 spiro atoms. The first-order valence-corrected chi connectivity index (χ1v) is 10.1. The molecule has 29 heavy (non-hydrogen) atoms. The van der Waals surface area contributed by atoms with E-state index in [2.05, 4.69) is 4.98 Å². The lowest BCUT2D eigenvalue weighted by molar-refractivity contribution is -0.384. The van der Waals surface area contributed by atoms with Crippen LogP contribution in [0.3, 0.4) is 0 Å². The molecule has 1 aliphatic rings. The number of benzene rings is 2. The smallest absolute Gasteiger partial charge is 0.269 e. The molecule has 0 aliphatic carbocycles. The highest BCUT2D eigenvalue weighted by molar-refractivity contribution is 7.22. The number of fused-ring (bicyclic) bond motifs is 1. The summed E-state index contributed by atoms with van der Waals surface area (Å²) in [5.41, 5.74) is 1.59. The lowest BCUT2D eigenvalue weighted by atomic mass is 10.2. The molecular formula is C21H19N3O4S. The van der Waals surface area contributed by atoms with Crippen LogP contribution in [0.5, 0.6) is 0 Å². The Kier molecular flexibility index (Phi) is 5.64. The van der Waals surface area contributed by atoms with Gasteiger partial charge in [0.05, 0.1) is 27.8 Å². The second kappa shape index (κ2) is 8.50. The molecule has 1 fully saturated rings. The van der Waals surface area contributed by atoms with Crippen LogP contribution in [0.4, 0.5) is 10.8 Å². The van der Waals surface area contributed by atoms with E-state index >= 15 is 0 Å². The highest BCUT2D eigenvalue weighted by Gasteiger charge is 2.25. The van der Waals surface area contributed by atoms with Gasteiger partial charge in [0.25, 0.3) is 11.6 Å². The van der Waals surface area contributed by atoms with Gasteiger partial charge in [0.15, 0.2) is 5.13 Å². The van der Waals surface area contributed by atoms with Crippen LogP contribution >= 0.6 is 11.3 Å². The van der Waals surface area contributed by atoms with Crippen molar-refractivity contribution in [1.29, 1.82) is 0 Å². The van der Waals surface area contributed by atoms with E-state index in [0.717, 1.165) is 23.1 Å². The van der Waals surface area contributed by atoms with Crippen molar-refractivity contribution in [3.05, 3.63) is 70.3 Å². The number of amides is 1. The summed E-state index contributed by atoms with van der Waals surface area (Å²) < 4.78 is 6.74. The Morgan fingerprint density at radius 3 is 2.76 bits per heavy atom. The lowest BCUT2D eigenvalue weighted by Crippen LogP contribution is -2.36. The maximum absolute atomic E-state index is 13.0. The van der Waals surface area contributed by atoms with Gasteiger partial charge in [0, 0.05) is 24.8 Å². The van der Waals surface area contributed by atoms with Crippen molar-refractivity contribution >= 4 is 44.4 Å². The average Bonchev–Trinajstić information content (AvgIpc) is 3.39. The van der Waals surface area contributed by atoms with Crippen LogP contribution in [0.15, 0.2) is 54.6 Å². The first-order valence-electron chi connectivity index (χ1n) is 9.31. The Morgan fingerprint density at radius 1 is 1.28 bits per heavy atom. The first kappa shape index (κ1) is 19.2. The maximum Gasteiger partial charge on any atom is 0.269 e. The molecule has 8 heteroatoms. The summed E-state index contributed by atoms with van der Waals surface area (Å²) in [6, 6.07) is 13.9. The van der Waals surface area contributed by atoms with Crippen molar-refractivity contribution in [1.82, 2.24) is 4.98 Å². The number of non-ortho nitro benzene ring substituents is 1. The molecule has 1 aliphatic heterocycles. The van der Waals surface area contributed by atoms with Crippen LogP contribution in [-0.2, 0) is 9.53 Å². The maximum atomic E-state index is 13.0. The fourth-order valence-electron chi connectivity index (χ4n) is 3.19. The van der Waals surface area contributed by atoms with E-state index in [1.54, 1.807) is 23.1 Å². The molecule has 1 aromatic heterocycles. The van der Waals surface area contributed by atoms with Crippen molar-refractivity contribution in [2.45, 2.75) is 18.9 Å². The number of hydrogen-bond acceptors (Lipinski definition) is 6. The van der Waals surface area contributed by atoms with Crippen LogP contribution in [0, 0.1) is 10.1 Å². The molecule has 2 aromatic carbocycles. The molecule has 1 atom stereocenters. The fourth-order valence-corrected chi connectivity index (χ4v) is 4.17. The zero-order valence-electron chi connectivity index (χ0n) is 15.6. The Hall–Kier alpha value is -3.10. The molecule has 1 amide bonds. The average molecular weight is 409 g/mol. The van der Waals surface area contributed by atoms with Crippen LogP contribution in [-0.4, -0.2) is 35.1 Å². The van der Waals surface area contributed by atoms with Crippen molar-refractivity contribution in [3.63, 3.8) is 0 Å². The van der Waals surface area contributed by atoms with Gasteiger partial charge < -0.3 is 4.74 Å². The summed E-state index contributed by atoms with van der Waals surface area (Å²) in [7, 11) is 0. The standard InChI is InChI=1S/C21H19N3O4S/c25-20(12-9-15-7-10-16(11-8-15)24(26)27)23(14-17-4-3-13-28-17)21-22-18-5-1-2-6-19(18)29-21/h1-2,5-12,17H,3-4,13-14H2/b12-9+. The summed E-state index contributed by atoms with van der Waals surface area (Å²) in [4.78, 5) is 29.6. The third-order valence-corrected chi connectivity index (χ3v) is 5.77. The van der Waals surface area contributed by atoms with E-state index in [9.17, 15) is 14.9 Å². The quantitative estimate of drug-likeness (QED) is 0.342. The minimum atomic E-state index is -0.449. The van der Waals surface area contributed by atoms with Crippen molar-refractivity contribution < 1.29 is 14.5 Å². The molecule has 0 N–H and O–H groups in total. The van der Waals surface area contributed by atoms with E-state index in [1.807, 2.05) is 24.3 Å². The molecule has 0 saturated carbocycles. The molecule has 1 unspecified atom stereocenters. The van der Waals surface area contributed by atoms with Gasteiger partial charge in [-0.2, -0.15) is 0 Å². The van der Waals surface area contributed by atoms with E-state index in [0.29, 0.717) is 23.8 Å². The highest BCUT2D eigenvalue weighted by Crippen LogP contribution is 2.30. The SMILES string of the molecule is O=C(/C=C/c1ccc([N+](=O)[O-])cc1)N(CC1CCCO1)c1nc2ccccc2s1. The monoisotopic (exact) mass is 409 g/mol. The molecule has 7 nitrogen and oxygen atoms in total. The van der Waals surface area contributed by atoms with Crippen LogP contribution in [0.2, 0.25) is 0 Å². The number of carbonyl (C=O) groups excluding carboxylic acids is 1. The topological polar surface area (TPSA) is 85.6 Å². The summed E-state index contributed by atoms with van der Waals surface area (Å²) in [5.74, 6) is -0.196. The number of anilines is 1. The van der Waals surface area contributed by atoms with E-state index in [1.165, 1.54) is 29.5 Å². The Balaban J connectivity index is 1.57. The number of aromatic nitrogens is 1. The second-order valence-corrected chi connectivity index (χ2v) is 7.74. The van der Waals surface area contributed by atoms with Gasteiger partial charge in [0.1, 0.15) is 0 Å². The normalized spacial score (nSPS) is 16.5. The summed E-state index contributed by atoms with van der Waals surface area (Å²) in [6.07, 6.45) is 5.04. The number of nitro benzene ring substituents is 1. The number of hydrogen-bond donors (Lipinski definition) is 0. The molecule has 3 aromatic rings. The predicted molar refractivity (Wildman–Crippen MR) is 113 cm³/mol. The minimum Gasteiger partial charge on any atom is -0.376 e. The van der Waals surface area contributed by atoms with Crippen molar-refractivity contribution in [2.24, 2.45) is 0 Å². The largest absolute Gasteiger partial charge is 0.376 e. The Morgan fingerprint density at radius 2 is 2.07 bits per heavy atom. The lowest BCUT2D eigenvalue weighted by Gasteiger charge is -2.21. The van der Waals surface area contributed by atoms with E-state index in [4.69, 9.17) is 4.74 Å². The first-order chi connectivity index (χ1) is 14.1. The molecule has 0 bridgehead atoms. The number of rotatable bonds is 6. The number of para-hydroxylation sites is 1. The third kappa shape index (κ3) is 4.49.